The Hall–Kier alpha value is -4.06. The highest BCUT2D eigenvalue weighted by Crippen LogP contribution is 2.34. The first-order valence-electron chi connectivity index (χ1n) is 10.7. The fourth-order valence-corrected chi connectivity index (χ4v) is 3.83. The molecular formula is C27H26N2O4. The Morgan fingerprint density at radius 3 is 2.18 bits per heavy atom. The van der Waals surface area contributed by atoms with Crippen molar-refractivity contribution >= 4 is 23.1 Å². The molecule has 0 unspecified atom stereocenters. The molecule has 0 radical (unpaired) electrons. The third-order valence-corrected chi connectivity index (χ3v) is 5.63. The van der Waals surface area contributed by atoms with Crippen LogP contribution in [0.1, 0.15) is 16.7 Å². The number of methoxy groups -OCH3 is 2. The summed E-state index contributed by atoms with van der Waals surface area (Å²) in [4.78, 5) is 28.1. The summed E-state index contributed by atoms with van der Waals surface area (Å²) in [7, 11) is 3.11. The predicted molar refractivity (Wildman–Crippen MR) is 128 cm³/mol. The lowest BCUT2D eigenvalue weighted by Gasteiger charge is -2.15. The number of carbonyl (C=O) groups is 2. The predicted octanol–water partition coefficient (Wildman–Crippen LogP) is 4.45. The number of nitrogens with zero attached hydrogens (tertiary/aromatic N) is 1. The molecule has 0 saturated carbocycles. The highest BCUT2D eigenvalue weighted by atomic mass is 16.5. The van der Waals surface area contributed by atoms with Crippen LogP contribution >= 0.6 is 0 Å². The molecule has 1 heterocycles. The van der Waals surface area contributed by atoms with Crippen LogP contribution in [0.15, 0.2) is 78.5 Å². The maximum atomic E-state index is 13.4. The molecule has 168 valence electrons. The SMILES string of the molecule is COc1ccc(NC2=C(c3ccc(C)cc3)C(=O)N(CCc3ccccc3)C2=O)cc1OC. The van der Waals surface area contributed by atoms with Crippen molar-refractivity contribution in [3.05, 3.63) is 95.2 Å². The largest absolute Gasteiger partial charge is 0.493 e. The molecule has 0 fully saturated rings. The molecule has 0 aromatic heterocycles. The third kappa shape index (κ3) is 4.60. The average Bonchev–Trinajstić information content (AvgIpc) is 3.07. The molecule has 33 heavy (non-hydrogen) atoms. The summed E-state index contributed by atoms with van der Waals surface area (Å²) in [6.07, 6.45) is 0.586. The molecule has 1 aliphatic rings. The Morgan fingerprint density at radius 2 is 1.52 bits per heavy atom. The number of anilines is 1. The van der Waals surface area contributed by atoms with Gasteiger partial charge in [0.05, 0.1) is 19.8 Å². The van der Waals surface area contributed by atoms with Crippen molar-refractivity contribution in [2.45, 2.75) is 13.3 Å². The molecule has 1 aliphatic heterocycles. The smallest absolute Gasteiger partial charge is 0.278 e. The van der Waals surface area contributed by atoms with Gasteiger partial charge in [-0.1, -0.05) is 60.2 Å². The van der Waals surface area contributed by atoms with Gasteiger partial charge in [0.15, 0.2) is 11.5 Å². The van der Waals surface area contributed by atoms with Gasteiger partial charge in [-0.3, -0.25) is 14.5 Å². The average molecular weight is 443 g/mol. The van der Waals surface area contributed by atoms with E-state index in [1.807, 2.05) is 61.5 Å². The zero-order valence-electron chi connectivity index (χ0n) is 18.9. The quantitative estimate of drug-likeness (QED) is 0.522. The van der Waals surface area contributed by atoms with Gasteiger partial charge < -0.3 is 14.8 Å². The zero-order valence-corrected chi connectivity index (χ0v) is 18.9. The Balaban J connectivity index is 1.68. The van der Waals surface area contributed by atoms with Crippen LogP contribution in [0.25, 0.3) is 5.57 Å². The number of imide groups is 1. The molecule has 0 saturated heterocycles. The van der Waals surface area contributed by atoms with Crippen molar-refractivity contribution in [2.24, 2.45) is 0 Å². The van der Waals surface area contributed by atoms with Crippen LogP contribution in [0.3, 0.4) is 0 Å². The molecule has 6 heteroatoms. The minimum Gasteiger partial charge on any atom is -0.493 e. The van der Waals surface area contributed by atoms with Gasteiger partial charge in [0.25, 0.3) is 11.8 Å². The first-order chi connectivity index (χ1) is 16.0. The third-order valence-electron chi connectivity index (χ3n) is 5.63. The van der Waals surface area contributed by atoms with E-state index in [0.29, 0.717) is 41.3 Å². The lowest BCUT2D eigenvalue weighted by molar-refractivity contribution is -0.136. The van der Waals surface area contributed by atoms with Gasteiger partial charge in [-0.2, -0.15) is 0 Å². The summed E-state index contributed by atoms with van der Waals surface area (Å²) in [5, 5.41) is 3.17. The van der Waals surface area contributed by atoms with E-state index in [4.69, 9.17) is 9.47 Å². The maximum absolute atomic E-state index is 13.4. The van der Waals surface area contributed by atoms with Crippen LogP contribution in [0.5, 0.6) is 11.5 Å². The van der Waals surface area contributed by atoms with E-state index in [-0.39, 0.29) is 17.5 Å². The second kappa shape index (κ2) is 9.61. The van der Waals surface area contributed by atoms with Gasteiger partial charge in [0.1, 0.15) is 5.70 Å². The number of carbonyl (C=O) groups excluding carboxylic acids is 2. The van der Waals surface area contributed by atoms with Crippen LogP contribution in [-0.4, -0.2) is 37.5 Å². The number of hydrogen-bond donors (Lipinski definition) is 1. The molecule has 3 aromatic carbocycles. The van der Waals surface area contributed by atoms with Crippen LogP contribution in [0.2, 0.25) is 0 Å². The van der Waals surface area contributed by atoms with Crippen molar-refractivity contribution in [3.63, 3.8) is 0 Å². The summed E-state index contributed by atoms with van der Waals surface area (Å²) in [5.41, 5.74) is 4.08. The number of nitrogens with one attached hydrogen (secondary N) is 1. The number of hydrogen-bond acceptors (Lipinski definition) is 5. The Morgan fingerprint density at radius 1 is 0.818 bits per heavy atom. The van der Waals surface area contributed by atoms with Crippen molar-refractivity contribution in [1.82, 2.24) is 4.90 Å². The molecule has 0 bridgehead atoms. The summed E-state index contributed by atoms with van der Waals surface area (Å²) < 4.78 is 10.7. The van der Waals surface area contributed by atoms with Gasteiger partial charge in [-0.15, -0.1) is 0 Å². The van der Waals surface area contributed by atoms with Crippen LogP contribution in [0, 0.1) is 6.92 Å². The molecule has 0 atom stereocenters. The molecule has 3 aromatic rings. The second-order valence-corrected chi connectivity index (χ2v) is 7.81. The summed E-state index contributed by atoms with van der Waals surface area (Å²) >= 11 is 0. The highest BCUT2D eigenvalue weighted by Gasteiger charge is 2.39. The fourth-order valence-electron chi connectivity index (χ4n) is 3.83. The molecule has 0 aliphatic carbocycles. The minimum absolute atomic E-state index is 0.254. The molecule has 4 rings (SSSR count). The van der Waals surface area contributed by atoms with Crippen LogP contribution < -0.4 is 14.8 Å². The van der Waals surface area contributed by atoms with E-state index in [2.05, 4.69) is 5.32 Å². The molecular weight excluding hydrogens is 416 g/mol. The maximum Gasteiger partial charge on any atom is 0.278 e. The standard InChI is InChI=1S/C27H26N2O4/c1-18-9-11-20(12-10-18)24-25(28-21-13-14-22(32-2)23(17-21)33-3)27(31)29(26(24)30)16-15-19-7-5-4-6-8-19/h4-14,17,28H,15-16H2,1-3H3. The van der Waals surface area contributed by atoms with E-state index in [1.54, 1.807) is 32.4 Å². The van der Waals surface area contributed by atoms with E-state index in [0.717, 1.165) is 11.1 Å². The van der Waals surface area contributed by atoms with Crippen molar-refractivity contribution in [3.8, 4) is 11.5 Å². The fraction of sp³-hybridized carbons (Fsp3) is 0.185. The molecule has 1 N–H and O–H groups in total. The van der Waals surface area contributed by atoms with Crippen LogP contribution in [-0.2, 0) is 16.0 Å². The number of benzene rings is 3. The Bertz CT molecular complexity index is 1200. The van der Waals surface area contributed by atoms with Gasteiger partial charge in [-0.25, -0.2) is 0 Å². The first kappa shape index (κ1) is 22.1. The van der Waals surface area contributed by atoms with Crippen molar-refractivity contribution in [2.75, 3.05) is 26.1 Å². The molecule has 2 amide bonds. The molecule has 0 spiro atoms. The summed E-state index contributed by atoms with van der Waals surface area (Å²) in [5.74, 6) is 0.454. The Labute approximate surface area is 193 Å². The lowest BCUT2D eigenvalue weighted by Crippen LogP contribution is -2.34. The van der Waals surface area contributed by atoms with Gasteiger partial charge >= 0.3 is 0 Å². The number of amides is 2. The van der Waals surface area contributed by atoms with Crippen molar-refractivity contribution in [1.29, 1.82) is 0 Å². The topological polar surface area (TPSA) is 67.9 Å². The first-order valence-corrected chi connectivity index (χ1v) is 10.7. The van der Waals surface area contributed by atoms with E-state index in [1.165, 1.54) is 4.90 Å². The summed E-state index contributed by atoms with van der Waals surface area (Å²) in [6, 6.07) is 22.7. The minimum atomic E-state index is -0.346. The van der Waals surface area contributed by atoms with Crippen molar-refractivity contribution < 1.29 is 19.1 Å². The highest BCUT2D eigenvalue weighted by molar-refractivity contribution is 6.36. The number of rotatable bonds is 8. The van der Waals surface area contributed by atoms with E-state index < -0.39 is 0 Å². The lowest BCUT2D eigenvalue weighted by atomic mass is 10.0. The van der Waals surface area contributed by atoms with Gasteiger partial charge in [0.2, 0.25) is 0 Å². The monoisotopic (exact) mass is 442 g/mol. The number of ether oxygens (including phenoxy) is 2. The summed E-state index contributed by atoms with van der Waals surface area (Å²) in [6.45, 7) is 2.28. The van der Waals surface area contributed by atoms with E-state index >= 15 is 0 Å². The Kier molecular flexibility index (Phi) is 6.45. The normalized spacial score (nSPS) is 13.5. The van der Waals surface area contributed by atoms with E-state index in [9.17, 15) is 9.59 Å². The van der Waals surface area contributed by atoms with Gasteiger partial charge in [0, 0.05) is 18.3 Å². The second-order valence-electron chi connectivity index (χ2n) is 7.81. The number of aryl methyl sites for hydroxylation is 1. The molecule has 6 nitrogen and oxygen atoms in total. The van der Waals surface area contributed by atoms with Gasteiger partial charge in [-0.05, 0) is 36.6 Å². The van der Waals surface area contributed by atoms with Crippen LogP contribution in [0.4, 0.5) is 5.69 Å². The zero-order chi connectivity index (χ0) is 23.4.